The van der Waals surface area contributed by atoms with Crippen molar-refractivity contribution in [3.8, 4) is 11.3 Å². The number of nitrogens with one attached hydrogen (secondary N) is 1. The van der Waals surface area contributed by atoms with Crippen LogP contribution in [0.1, 0.15) is 25.3 Å². The fourth-order valence-corrected chi connectivity index (χ4v) is 3.73. The van der Waals surface area contributed by atoms with E-state index in [1.165, 1.54) is 16.2 Å². The van der Waals surface area contributed by atoms with Crippen LogP contribution in [-0.2, 0) is 0 Å². The first-order valence-corrected chi connectivity index (χ1v) is 8.50. The first-order chi connectivity index (χ1) is 10.5. The lowest BCUT2D eigenvalue weighted by Gasteiger charge is -2.08. The van der Waals surface area contributed by atoms with Crippen LogP contribution in [0.4, 0.5) is 5.69 Å². The summed E-state index contributed by atoms with van der Waals surface area (Å²) in [5.74, 6) is -0.135. The molecule has 0 spiro atoms. The maximum absolute atomic E-state index is 12.5. The van der Waals surface area contributed by atoms with Crippen LogP contribution in [0.15, 0.2) is 29.8 Å². The molecule has 0 aliphatic heterocycles. The Hall–Kier alpha value is -2.05. The fraction of sp³-hybridized carbons (Fsp3) is 0.188. The van der Waals surface area contributed by atoms with E-state index in [0.717, 1.165) is 27.6 Å². The number of aryl methyl sites for hydroxylation is 3. The first-order valence-electron chi connectivity index (χ1n) is 6.80. The molecule has 0 bridgehead atoms. The highest BCUT2D eigenvalue weighted by molar-refractivity contribution is 7.13. The third kappa shape index (κ3) is 2.93. The zero-order valence-corrected chi connectivity index (χ0v) is 14.1. The molecule has 0 saturated carbocycles. The average Bonchev–Trinajstić information content (AvgIpc) is 3.05. The standard InChI is InChI=1S/C16H15N3OS2/c1-9-7-12(8-21-9)14-13(5-4-6-17-14)19-16(20)15-10(2)18-11(3)22-15/h4-8H,1-3H3,(H,19,20). The Kier molecular flexibility index (Phi) is 4.04. The molecule has 3 heterocycles. The molecule has 0 aliphatic rings. The second-order valence-electron chi connectivity index (χ2n) is 4.95. The lowest BCUT2D eigenvalue weighted by Crippen LogP contribution is -2.12. The van der Waals surface area contributed by atoms with Crippen molar-refractivity contribution in [3.63, 3.8) is 0 Å². The Morgan fingerprint density at radius 3 is 2.73 bits per heavy atom. The summed E-state index contributed by atoms with van der Waals surface area (Å²) in [7, 11) is 0. The number of thiazole rings is 1. The summed E-state index contributed by atoms with van der Waals surface area (Å²) in [6.45, 7) is 5.81. The molecular formula is C16H15N3OS2. The number of thiophene rings is 1. The van der Waals surface area contributed by atoms with Gasteiger partial charge in [0.05, 0.1) is 22.1 Å². The van der Waals surface area contributed by atoms with Gasteiger partial charge in [0.15, 0.2) is 0 Å². The molecule has 0 aliphatic carbocycles. The summed E-state index contributed by atoms with van der Waals surface area (Å²) in [5, 5.41) is 5.90. The van der Waals surface area contributed by atoms with Gasteiger partial charge in [-0.25, -0.2) is 4.98 Å². The molecule has 3 aromatic heterocycles. The summed E-state index contributed by atoms with van der Waals surface area (Å²) in [5.41, 5.74) is 3.29. The third-order valence-electron chi connectivity index (χ3n) is 3.17. The normalized spacial score (nSPS) is 10.7. The lowest BCUT2D eigenvalue weighted by atomic mass is 10.1. The van der Waals surface area contributed by atoms with Gasteiger partial charge >= 0.3 is 0 Å². The van der Waals surface area contributed by atoms with Crippen molar-refractivity contribution in [1.29, 1.82) is 0 Å². The van der Waals surface area contributed by atoms with Gasteiger partial charge in [-0.15, -0.1) is 22.7 Å². The van der Waals surface area contributed by atoms with Gasteiger partial charge in [-0.1, -0.05) is 0 Å². The minimum atomic E-state index is -0.135. The molecule has 0 fully saturated rings. The maximum Gasteiger partial charge on any atom is 0.267 e. The van der Waals surface area contributed by atoms with E-state index in [1.807, 2.05) is 26.0 Å². The summed E-state index contributed by atoms with van der Waals surface area (Å²) in [4.78, 5) is 23.1. The number of hydrogen-bond donors (Lipinski definition) is 1. The van der Waals surface area contributed by atoms with Crippen molar-refractivity contribution >= 4 is 34.3 Å². The number of pyridine rings is 1. The Morgan fingerprint density at radius 1 is 1.27 bits per heavy atom. The van der Waals surface area contributed by atoms with Crippen LogP contribution in [0.5, 0.6) is 0 Å². The van der Waals surface area contributed by atoms with Crippen LogP contribution >= 0.6 is 22.7 Å². The van der Waals surface area contributed by atoms with E-state index < -0.39 is 0 Å². The Labute approximate surface area is 136 Å². The van der Waals surface area contributed by atoms with Crippen molar-refractivity contribution in [2.75, 3.05) is 5.32 Å². The van der Waals surface area contributed by atoms with E-state index in [2.05, 4.69) is 33.7 Å². The number of anilines is 1. The molecule has 0 aromatic carbocycles. The molecule has 3 rings (SSSR count). The van der Waals surface area contributed by atoms with Gasteiger partial charge in [-0.05, 0) is 39.0 Å². The second kappa shape index (κ2) is 5.98. The van der Waals surface area contributed by atoms with Crippen LogP contribution in [0, 0.1) is 20.8 Å². The molecular weight excluding hydrogens is 314 g/mol. The van der Waals surface area contributed by atoms with E-state index in [4.69, 9.17) is 0 Å². The van der Waals surface area contributed by atoms with E-state index >= 15 is 0 Å². The SMILES string of the molecule is Cc1cc(-c2ncccc2NC(=O)c2sc(C)nc2C)cs1. The zero-order chi connectivity index (χ0) is 15.7. The van der Waals surface area contributed by atoms with E-state index in [9.17, 15) is 4.79 Å². The minimum absolute atomic E-state index is 0.135. The van der Waals surface area contributed by atoms with Crippen molar-refractivity contribution in [2.45, 2.75) is 20.8 Å². The molecule has 22 heavy (non-hydrogen) atoms. The first kappa shape index (κ1) is 14.9. The quantitative estimate of drug-likeness (QED) is 0.772. The number of carbonyl (C=O) groups excluding carboxylic acids is 1. The van der Waals surface area contributed by atoms with Crippen LogP contribution in [0.3, 0.4) is 0 Å². The molecule has 0 radical (unpaired) electrons. The molecule has 1 N–H and O–H groups in total. The van der Waals surface area contributed by atoms with Crippen LogP contribution in [0.2, 0.25) is 0 Å². The monoisotopic (exact) mass is 329 g/mol. The number of rotatable bonds is 3. The number of amides is 1. The lowest BCUT2D eigenvalue weighted by molar-refractivity contribution is 0.103. The van der Waals surface area contributed by atoms with Gasteiger partial charge in [0.2, 0.25) is 0 Å². The zero-order valence-electron chi connectivity index (χ0n) is 12.5. The molecule has 0 unspecified atom stereocenters. The Morgan fingerprint density at radius 2 is 2.09 bits per heavy atom. The highest BCUT2D eigenvalue weighted by Crippen LogP contribution is 2.30. The van der Waals surface area contributed by atoms with Gasteiger partial charge in [0.25, 0.3) is 5.91 Å². The van der Waals surface area contributed by atoms with Gasteiger partial charge in [-0.2, -0.15) is 0 Å². The smallest absolute Gasteiger partial charge is 0.267 e. The number of carbonyl (C=O) groups is 1. The molecule has 0 atom stereocenters. The summed E-state index contributed by atoms with van der Waals surface area (Å²) >= 11 is 3.07. The molecule has 0 saturated heterocycles. The van der Waals surface area contributed by atoms with Crippen LogP contribution in [-0.4, -0.2) is 15.9 Å². The van der Waals surface area contributed by atoms with Crippen molar-refractivity contribution in [1.82, 2.24) is 9.97 Å². The number of hydrogen-bond acceptors (Lipinski definition) is 5. The predicted molar refractivity (Wildman–Crippen MR) is 91.8 cm³/mol. The largest absolute Gasteiger partial charge is 0.319 e. The van der Waals surface area contributed by atoms with Crippen molar-refractivity contribution in [3.05, 3.63) is 50.2 Å². The molecule has 112 valence electrons. The Bertz CT molecular complexity index is 836. The molecule has 6 heteroatoms. The van der Waals surface area contributed by atoms with Crippen LogP contribution in [0.25, 0.3) is 11.3 Å². The molecule has 3 aromatic rings. The van der Waals surface area contributed by atoms with E-state index in [1.54, 1.807) is 17.5 Å². The summed E-state index contributed by atoms with van der Waals surface area (Å²) < 4.78 is 0. The number of aromatic nitrogens is 2. The average molecular weight is 329 g/mol. The molecule has 1 amide bonds. The van der Waals surface area contributed by atoms with E-state index in [0.29, 0.717) is 4.88 Å². The summed E-state index contributed by atoms with van der Waals surface area (Å²) in [6, 6.07) is 5.77. The van der Waals surface area contributed by atoms with Crippen molar-refractivity contribution < 1.29 is 4.79 Å². The number of nitrogens with zero attached hydrogens (tertiary/aromatic N) is 2. The predicted octanol–water partition coefficient (Wildman–Crippen LogP) is 4.44. The summed E-state index contributed by atoms with van der Waals surface area (Å²) in [6.07, 6.45) is 1.74. The van der Waals surface area contributed by atoms with Crippen LogP contribution < -0.4 is 5.32 Å². The van der Waals surface area contributed by atoms with Crippen molar-refractivity contribution in [2.24, 2.45) is 0 Å². The second-order valence-corrected chi connectivity index (χ2v) is 7.27. The Balaban J connectivity index is 1.93. The topological polar surface area (TPSA) is 54.9 Å². The van der Waals surface area contributed by atoms with Gasteiger partial charge in [0.1, 0.15) is 4.88 Å². The molecule has 4 nitrogen and oxygen atoms in total. The fourth-order valence-electron chi connectivity index (χ4n) is 2.22. The van der Waals surface area contributed by atoms with E-state index in [-0.39, 0.29) is 5.91 Å². The van der Waals surface area contributed by atoms with Gasteiger partial charge in [0, 0.05) is 22.0 Å². The van der Waals surface area contributed by atoms with Gasteiger partial charge in [-0.3, -0.25) is 9.78 Å². The highest BCUT2D eigenvalue weighted by Gasteiger charge is 2.16. The minimum Gasteiger partial charge on any atom is -0.319 e. The third-order valence-corrected chi connectivity index (χ3v) is 5.10. The maximum atomic E-state index is 12.5. The highest BCUT2D eigenvalue weighted by atomic mass is 32.1. The van der Waals surface area contributed by atoms with Gasteiger partial charge < -0.3 is 5.32 Å².